The summed E-state index contributed by atoms with van der Waals surface area (Å²) in [6.07, 6.45) is 1.51. The fourth-order valence-electron chi connectivity index (χ4n) is 4.57. The summed E-state index contributed by atoms with van der Waals surface area (Å²) in [5, 5.41) is 3.27. The van der Waals surface area contributed by atoms with Gasteiger partial charge in [-0.15, -0.1) is 0 Å². The van der Waals surface area contributed by atoms with Crippen LogP contribution in [0.3, 0.4) is 0 Å². The van der Waals surface area contributed by atoms with E-state index in [9.17, 15) is 13.2 Å². The third-order valence-electron chi connectivity index (χ3n) is 6.51. The van der Waals surface area contributed by atoms with Gasteiger partial charge in [-0.2, -0.15) is 0 Å². The van der Waals surface area contributed by atoms with Gasteiger partial charge in [0.1, 0.15) is 5.75 Å². The zero-order valence-corrected chi connectivity index (χ0v) is 21.3. The second-order valence-corrected chi connectivity index (χ2v) is 11.4. The third kappa shape index (κ3) is 5.36. The molecule has 0 saturated carbocycles. The fourth-order valence-corrected chi connectivity index (χ4v) is 6.23. The predicted molar refractivity (Wildman–Crippen MR) is 140 cm³/mol. The standard InChI is InChI=1S/C27H28ClN3O4S/c28-22-12-13-25-24(16-22)31(36(33,34)23-6-2-1-3-7-23)19-26(35-25)27(32)29-17-20-8-10-21(11-9-20)18-30-14-4-5-15-30/h1-3,6-13,16,26H,4-5,14-15,17-19H2,(H,29,32)/t26-/m0/s1. The van der Waals surface area contributed by atoms with Crippen molar-refractivity contribution in [2.75, 3.05) is 23.9 Å². The first-order valence-corrected chi connectivity index (χ1v) is 13.8. The highest BCUT2D eigenvalue weighted by Crippen LogP contribution is 2.38. The first-order chi connectivity index (χ1) is 17.4. The molecule has 0 aliphatic carbocycles. The molecule has 1 N–H and O–H groups in total. The summed E-state index contributed by atoms with van der Waals surface area (Å²) in [6.45, 7) is 3.39. The Morgan fingerprint density at radius 3 is 2.39 bits per heavy atom. The fraction of sp³-hybridized carbons (Fsp3) is 0.296. The van der Waals surface area contributed by atoms with E-state index in [1.807, 2.05) is 12.1 Å². The molecule has 7 nitrogen and oxygen atoms in total. The maximum atomic E-state index is 13.5. The average Bonchev–Trinajstić information content (AvgIpc) is 3.41. The van der Waals surface area contributed by atoms with Gasteiger partial charge in [0.2, 0.25) is 0 Å². The molecule has 188 valence electrons. The minimum Gasteiger partial charge on any atom is -0.476 e. The van der Waals surface area contributed by atoms with Gasteiger partial charge in [0.25, 0.3) is 15.9 Å². The summed E-state index contributed by atoms with van der Waals surface area (Å²) in [7, 11) is -3.93. The lowest BCUT2D eigenvalue weighted by atomic mass is 10.1. The van der Waals surface area contributed by atoms with Crippen LogP contribution in [-0.2, 0) is 27.9 Å². The second kappa shape index (κ2) is 10.5. The Bertz CT molecular complexity index is 1330. The molecule has 0 spiro atoms. The molecule has 3 aromatic carbocycles. The molecule has 2 heterocycles. The van der Waals surface area contributed by atoms with Crippen molar-refractivity contribution in [1.29, 1.82) is 0 Å². The summed E-state index contributed by atoms with van der Waals surface area (Å²) < 4.78 is 34.0. The zero-order valence-electron chi connectivity index (χ0n) is 19.8. The van der Waals surface area contributed by atoms with Gasteiger partial charge in [0.15, 0.2) is 6.10 Å². The lowest BCUT2D eigenvalue weighted by Gasteiger charge is -2.34. The normalized spacial score (nSPS) is 17.9. The number of fused-ring (bicyclic) bond motifs is 1. The van der Waals surface area contributed by atoms with E-state index in [2.05, 4.69) is 22.3 Å². The van der Waals surface area contributed by atoms with Crippen LogP contribution in [0, 0.1) is 0 Å². The third-order valence-corrected chi connectivity index (χ3v) is 8.54. The molecule has 36 heavy (non-hydrogen) atoms. The van der Waals surface area contributed by atoms with Crippen LogP contribution < -0.4 is 14.4 Å². The molecule has 1 amide bonds. The van der Waals surface area contributed by atoms with E-state index >= 15 is 0 Å². The number of carbonyl (C=O) groups excluding carboxylic acids is 1. The van der Waals surface area contributed by atoms with Gasteiger partial charge in [-0.05, 0) is 67.4 Å². The maximum absolute atomic E-state index is 13.5. The number of benzene rings is 3. The summed E-state index contributed by atoms with van der Waals surface area (Å²) in [6, 6.07) is 21.0. The van der Waals surface area contributed by atoms with Crippen LogP contribution in [0.1, 0.15) is 24.0 Å². The van der Waals surface area contributed by atoms with Crippen molar-refractivity contribution in [3.63, 3.8) is 0 Å². The average molecular weight is 526 g/mol. The Balaban J connectivity index is 1.29. The van der Waals surface area contributed by atoms with Crippen LogP contribution in [0.5, 0.6) is 5.75 Å². The molecule has 1 fully saturated rings. The van der Waals surface area contributed by atoms with Gasteiger partial charge in [-0.1, -0.05) is 54.1 Å². The van der Waals surface area contributed by atoms with E-state index < -0.39 is 16.1 Å². The molecule has 0 bridgehead atoms. The van der Waals surface area contributed by atoms with Crippen molar-refractivity contribution in [3.05, 3.63) is 88.9 Å². The van der Waals surface area contributed by atoms with Crippen molar-refractivity contribution >= 4 is 33.2 Å². The van der Waals surface area contributed by atoms with E-state index in [0.717, 1.165) is 25.2 Å². The Labute approximate surface area is 216 Å². The van der Waals surface area contributed by atoms with Crippen LogP contribution >= 0.6 is 11.6 Å². The number of nitrogens with zero attached hydrogens (tertiary/aromatic N) is 2. The first-order valence-electron chi connectivity index (χ1n) is 12.0. The molecule has 3 aromatic rings. The van der Waals surface area contributed by atoms with Crippen LogP contribution in [0.2, 0.25) is 5.02 Å². The van der Waals surface area contributed by atoms with Gasteiger partial charge < -0.3 is 10.1 Å². The van der Waals surface area contributed by atoms with Crippen molar-refractivity contribution in [2.24, 2.45) is 0 Å². The molecule has 9 heteroatoms. The van der Waals surface area contributed by atoms with Crippen molar-refractivity contribution < 1.29 is 17.9 Å². The number of hydrogen-bond acceptors (Lipinski definition) is 5. The van der Waals surface area contributed by atoms with Crippen molar-refractivity contribution in [1.82, 2.24) is 10.2 Å². The van der Waals surface area contributed by atoms with E-state index in [1.54, 1.807) is 30.3 Å². The lowest BCUT2D eigenvalue weighted by molar-refractivity contribution is -0.127. The number of sulfonamides is 1. The van der Waals surface area contributed by atoms with E-state index in [0.29, 0.717) is 17.3 Å². The predicted octanol–water partition coefficient (Wildman–Crippen LogP) is 4.21. The van der Waals surface area contributed by atoms with Gasteiger partial charge in [0.05, 0.1) is 17.1 Å². The molecule has 5 rings (SSSR count). The summed E-state index contributed by atoms with van der Waals surface area (Å²) >= 11 is 6.15. The molecular weight excluding hydrogens is 498 g/mol. The monoisotopic (exact) mass is 525 g/mol. The number of halogens is 1. The summed E-state index contributed by atoms with van der Waals surface area (Å²) in [5.74, 6) is -0.0958. The Kier molecular flexibility index (Phi) is 7.18. The molecule has 1 saturated heterocycles. The smallest absolute Gasteiger partial charge is 0.264 e. The number of ether oxygens (including phenoxy) is 1. The van der Waals surface area contributed by atoms with E-state index in [4.69, 9.17) is 16.3 Å². The topological polar surface area (TPSA) is 79.0 Å². The number of carbonyl (C=O) groups is 1. The number of amides is 1. The van der Waals surface area contributed by atoms with Gasteiger partial charge >= 0.3 is 0 Å². The largest absolute Gasteiger partial charge is 0.476 e. The molecular formula is C27H28ClN3O4S. The number of anilines is 1. The highest BCUT2D eigenvalue weighted by Gasteiger charge is 2.37. The second-order valence-electron chi connectivity index (χ2n) is 9.09. The van der Waals surface area contributed by atoms with Crippen LogP contribution in [-0.4, -0.2) is 45.0 Å². The molecule has 2 aliphatic heterocycles. The van der Waals surface area contributed by atoms with Crippen LogP contribution in [0.4, 0.5) is 5.69 Å². The number of rotatable bonds is 7. The molecule has 0 radical (unpaired) electrons. The lowest BCUT2D eigenvalue weighted by Crippen LogP contribution is -2.50. The first kappa shape index (κ1) is 24.6. The number of hydrogen-bond donors (Lipinski definition) is 1. The Morgan fingerprint density at radius 2 is 1.67 bits per heavy atom. The Morgan fingerprint density at radius 1 is 0.972 bits per heavy atom. The number of nitrogens with one attached hydrogen (secondary N) is 1. The van der Waals surface area contributed by atoms with Gasteiger partial charge in [-0.3, -0.25) is 14.0 Å². The number of likely N-dealkylation sites (tertiary alicyclic amines) is 1. The SMILES string of the molecule is O=C(NCc1ccc(CN2CCCC2)cc1)[C@@H]1CN(S(=O)(=O)c2ccccc2)c2cc(Cl)ccc2O1. The van der Waals surface area contributed by atoms with Crippen LogP contribution in [0.15, 0.2) is 77.7 Å². The van der Waals surface area contributed by atoms with Crippen LogP contribution in [0.25, 0.3) is 0 Å². The molecule has 0 aromatic heterocycles. The summed E-state index contributed by atoms with van der Waals surface area (Å²) in [5.41, 5.74) is 2.52. The van der Waals surface area contributed by atoms with Crippen molar-refractivity contribution in [3.8, 4) is 5.75 Å². The summed E-state index contributed by atoms with van der Waals surface area (Å²) in [4.78, 5) is 15.6. The van der Waals surface area contributed by atoms with Gasteiger partial charge in [-0.25, -0.2) is 8.42 Å². The van der Waals surface area contributed by atoms with E-state index in [1.165, 1.54) is 40.9 Å². The Hall–Kier alpha value is -3.07. The minimum absolute atomic E-state index is 0.131. The van der Waals surface area contributed by atoms with Crippen molar-refractivity contribution in [2.45, 2.75) is 36.9 Å². The van der Waals surface area contributed by atoms with Gasteiger partial charge in [0, 0.05) is 18.1 Å². The minimum atomic E-state index is -3.93. The molecule has 0 unspecified atom stereocenters. The maximum Gasteiger partial charge on any atom is 0.264 e. The molecule has 1 atom stereocenters. The zero-order chi connectivity index (χ0) is 25.1. The quantitative estimate of drug-likeness (QED) is 0.500. The molecule has 2 aliphatic rings. The highest BCUT2D eigenvalue weighted by molar-refractivity contribution is 7.92. The van der Waals surface area contributed by atoms with E-state index in [-0.39, 0.29) is 23.1 Å². The highest BCUT2D eigenvalue weighted by atomic mass is 35.5.